The molecule has 5 fully saturated rings. The Bertz CT molecular complexity index is 1620. The molecule has 0 radical (unpaired) electrons. The van der Waals surface area contributed by atoms with E-state index in [1.54, 1.807) is 0 Å². The van der Waals surface area contributed by atoms with Crippen molar-refractivity contribution in [2.45, 2.75) is 112 Å². The molecule has 7 nitrogen and oxygen atoms in total. The zero-order valence-electron chi connectivity index (χ0n) is 34.4. The van der Waals surface area contributed by atoms with Crippen LogP contribution in [0.3, 0.4) is 0 Å². The first-order valence-electron chi connectivity index (χ1n) is 21.1. The topological polar surface area (TPSA) is 99.1 Å². The zero-order valence-corrected chi connectivity index (χ0v) is 36.0. The van der Waals surface area contributed by atoms with E-state index in [0.29, 0.717) is 65.0 Å². The lowest BCUT2D eigenvalue weighted by atomic mass is 9.32. The summed E-state index contributed by atoms with van der Waals surface area (Å²) in [5.41, 5.74) is 2.82. The van der Waals surface area contributed by atoms with Crippen molar-refractivity contribution in [2.75, 3.05) is 44.8 Å². The maximum absolute atomic E-state index is 14.6. The number of alkyl halides is 1. The molecule has 5 aliphatic carbocycles. The molecule has 1 saturated heterocycles. The molecule has 0 aromatic heterocycles. The number of nitrogens with zero attached hydrogens (tertiary/aromatic N) is 1. The van der Waals surface area contributed by atoms with Gasteiger partial charge in [0.15, 0.2) is 0 Å². The molecule has 3 N–H and O–H groups in total. The normalized spacial score (nSPS) is 41.7. The van der Waals surface area contributed by atoms with E-state index in [-0.39, 0.29) is 38.4 Å². The predicted octanol–water partition coefficient (Wildman–Crippen LogP) is 9.99. The third-order valence-corrected chi connectivity index (χ3v) is 19.7. The first-order chi connectivity index (χ1) is 25.4. The van der Waals surface area contributed by atoms with Crippen LogP contribution in [0.15, 0.2) is 30.3 Å². The van der Waals surface area contributed by atoms with Gasteiger partial charge >= 0.3 is 5.97 Å². The van der Waals surface area contributed by atoms with Gasteiger partial charge in [-0.25, -0.2) is 4.79 Å². The molecule has 302 valence electrons. The van der Waals surface area contributed by atoms with Gasteiger partial charge in [0.25, 0.3) is 0 Å². The summed E-state index contributed by atoms with van der Waals surface area (Å²) in [6.45, 7) is 20.5. The molecule has 54 heavy (non-hydrogen) atoms. The number of ether oxygens (including phenoxy) is 1. The molecule has 6 aliphatic rings. The first-order valence-corrected chi connectivity index (χ1v) is 23.5. The maximum Gasteiger partial charge on any atom is 0.337 e. The Morgan fingerprint density at radius 2 is 1.61 bits per heavy atom. The van der Waals surface area contributed by atoms with Crippen LogP contribution in [-0.2, 0) is 9.53 Å². The summed E-state index contributed by atoms with van der Waals surface area (Å²) < 4.78 is 25.0. The highest BCUT2D eigenvalue weighted by atomic mass is 35.5. The van der Waals surface area contributed by atoms with Crippen molar-refractivity contribution in [1.29, 1.82) is 0 Å². The van der Waals surface area contributed by atoms with Gasteiger partial charge in [-0.3, -0.25) is 13.9 Å². The van der Waals surface area contributed by atoms with Crippen LogP contribution in [0.5, 0.6) is 0 Å². The fourth-order valence-corrected chi connectivity index (χ4v) is 16.1. The second-order valence-electron chi connectivity index (χ2n) is 20.1. The van der Waals surface area contributed by atoms with Crippen molar-refractivity contribution in [1.82, 2.24) is 10.2 Å². The fraction of sp³-hybridized carbons (Fsp3) is 0.778. The van der Waals surface area contributed by atoms with Crippen molar-refractivity contribution >= 4 is 39.6 Å². The monoisotopic (exact) mass is 784 g/mol. The molecule has 4 saturated carbocycles. The van der Waals surface area contributed by atoms with Gasteiger partial charge in [0.2, 0.25) is 5.91 Å². The number of halogens is 1. The van der Waals surface area contributed by atoms with Gasteiger partial charge in [0.05, 0.1) is 35.0 Å². The van der Waals surface area contributed by atoms with E-state index in [1.165, 1.54) is 31.9 Å². The van der Waals surface area contributed by atoms with E-state index in [4.69, 9.17) is 16.3 Å². The number of esters is 1. The number of methoxy groups -OCH3 is 1. The summed E-state index contributed by atoms with van der Waals surface area (Å²) in [6, 6.07) is 7.88. The lowest BCUT2D eigenvalue weighted by molar-refractivity contribution is -0.226. The van der Waals surface area contributed by atoms with Crippen LogP contribution < -0.4 is 5.32 Å². The molecule has 1 aliphatic heterocycles. The van der Waals surface area contributed by atoms with Crippen LogP contribution in [-0.4, -0.2) is 76.1 Å². The highest BCUT2D eigenvalue weighted by Gasteiger charge is 2.72. The lowest BCUT2D eigenvalue weighted by Gasteiger charge is -2.73. The third-order valence-electron chi connectivity index (χ3n) is 17.5. The van der Waals surface area contributed by atoms with Gasteiger partial charge in [0.1, 0.15) is 0 Å². The Morgan fingerprint density at radius 3 is 2.26 bits per heavy atom. The van der Waals surface area contributed by atoms with Crippen LogP contribution >= 0.6 is 22.2 Å². The SMILES string of the molecule is COC(=O)c1ccc(C2=CC(Cl)[C@]3(C)[C@H]4CC[C@@H]5[C@H]6[C@H](C(C)C)CC[C@]6(C(=O)NCCCN6CCS(O)(O)CC6)CC[C@@]5(C)[C@]4(C)CC[C@H]3C2(C)C)cc1. The van der Waals surface area contributed by atoms with Crippen LogP contribution in [0.2, 0.25) is 0 Å². The number of allylic oxidation sites excluding steroid dienone is 2. The number of carbonyl (C=O) groups is 2. The highest BCUT2D eigenvalue weighted by Crippen LogP contribution is 2.78. The quantitative estimate of drug-likeness (QED) is 0.138. The number of fused-ring (bicyclic) bond motifs is 7. The molecule has 10 atom stereocenters. The molecule has 1 amide bonds. The standard InChI is InChI=1S/C45H69ClN2O5S/c1-29(2)32-16-19-45(40(50)47-22-9-23-48-24-26-54(51,52)27-25-48)21-20-42(5)33(38(32)45)14-15-36-43(42,6)18-17-35-41(3,4)34(28-37(46)44(35,36)7)30-10-12-31(13-11-30)39(49)53-8/h10-13,28-29,32-33,35-38,51-52H,9,14-27H2,1-8H3,(H,47,50)/t32-,33+,35-,36-,37?,38+,42+,43+,44-,45-/m0/s1. The number of rotatable bonds is 8. The molecule has 1 unspecified atom stereocenters. The average Bonchev–Trinajstić information content (AvgIpc) is 3.54. The van der Waals surface area contributed by atoms with E-state index in [1.807, 2.05) is 12.1 Å². The number of hydrogen-bond donors (Lipinski definition) is 3. The summed E-state index contributed by atoms with van der Waals surface area (Å²) in [6.07, 6.45) is 12.2. The van der Waals surface area contributed by atoms with E-state index in [9.17, 15) is 18.7 Å². The van der Waals surface area contributed by atoms with Crippen molar-refractivity contribution in [3.05, 3.63) is 41.5 Å². The van der Waals surface area contributed by atoms with Crippen molar-refractivity contribution in [3.8, 4) is 0 Å². The van der Waals surface area contributed by atoms with Crippen LogP contribution in [0, 0.1) is 62.6 Å². The minimum absolute atomic E-state index is 0.0634. The molecular weight excluding hydrogens is 716 g/mol. The molecule has 1 aromatic carbocycles. The molecular formula is C45H69ClN2O5S. The number of nitrogens with one attached hydrogen (secondary N) is 1. The summed E-state index contributed by atoms with van der Waals surface area (Å²) in [5, 5.41) is 3.39. The average molecular weight is 786 g/mol. The van der Waals surface area contributed by atoms with Gasteiger partial charge < -0.3 is 15.0 Å². The second-order valence-corrected chi connectivity index (χ2v) is 23.0. The number of carbonyl (C=O) groups excluding carboxylic acids is 2. The third kappa shape index (κ3) is 6.25. The molecule has 9 heteroatoms. The smallest absolute Gasteiger partial charge is 0.337 e. The first kappa shape index (κ1) is 40.6. The van der Waals surface area contributed by atoms with E-state index in [2.05, 4.69) is 76.9 Å². The van der Waals surface area contributed by atoms with E-state index < -0.39 is 10.6 Å². The molecule has 0 spiro atoms. The second kappa shape index (κ2) is 14.4. The minimum Gasteiger partial charge on any atom is -0.465 e. The number of amides is 1. The number of benzene rings is 1. The van der Waals surface area contributed by atoms with Crippen LogP contribution in [0.1, 0.15) is 122 Å². The molecule has 0 bridgehead atoms. The highest BCUT2D eigenvalue weighted by molar-refractivity contribution is 8.24. The van der Waals surface area contributed by atoms with Gasteiger partial charge in [-0.15, -0.1) is 11.6 Å². The lowest BCUT2D eigenvalue weighted by Crippen LogP contribution is -2.68. The summed E-state index contributed by atoms with van der Waals surface area (Å²) >= 11 is 7.72. The Morgan fingerprint density at radius 1 is 0.926 bits per heavy atom. The van der Waals surface area contributed by atoms with E-state index >= 15 is 0 Å². The van der Waals surface area contributed by atoms with Gasteiger partial charge in [-0.1, -0.05) is 66.7 Å². The Balaban J connectivity index is 1.13. The molecule has 1 aromatic rings. The fourth-order valence-electron chi connectivity index (χ4n) is 14.4. The maximum atomic E-state index is 14.6. The van der Waals surface area contributed by atoms with Crippen LogP contribution in [0.25, 0.3) is 5.57 Å². The predicted molar refractivity (Wildman–Crippen MR) is 222 cm³/mol. The largest absolute Gasteiger partial charge is 0.465 e. The molecule has 1 heterocycles. The summed E-state index contributed by atoms with van der Waals surface area (Å²) in [4.78, 5) is 29.1. The Hall–Kier alpha value is -1.58. The van der Waals surface area contributed by atoms with Crippen molar-refractivity contribution in [2.24, 2.45) is 62.6 Å². The van der Waals surface area contributed by atoms with Gasteiger partial charge in [-0.05, 0) is 145 Å². The number of hydrogen-bond acceptors (Lipinski definition) is 6. The van der Waals surface area contributed by atoms with Gasteiger partial charge in [0, 0.05) is 19.6 Å². The van der Waals surface area contributed by atoms with Gasteiger partial charge in [-0.2, -0.15) is 10.6 Å². The summed E-state index contributed by atoms with van der Waals surface area (Å²) in [7, 11) is -0.968. The zero-order chi connectivity index (χ0) is 39.1. The minimum atomic E-state index is -2.39. The molecule has 7 rings (SSSR count). The Kier molecular flexibility index (Phi) is 10.8. The van der Waals surface area contributed by atoms with E-state index in [0.717, 1.165) is 63.7 Å². The van der Waals surface area contributed by atoms with Crippen molar-refractivity contribution < 1.29 is 23.4 Å². The van der Waals surface area contributed by atoms with Crippen LogP contribution in [0.4, 0.5) is 0 Å². The summed E-state index contributed by atoms with van der Waals surface area (Å²) in [5.74, 6) is 3.88. The Labute approximate surface area is 332 Å². The van der Waals surface area contributed by atoms with Crippen molar-refractivity contribution in [3.63, 3.8) is 0 Å².